The number of aryl methyl sites for hydroxylation is 1. The monoisotopic (exact) mass is 327 g/mol. The highest BCUT2D eigenvalue weighted by atomic mass is 79.9. The third-order valence-corrected chi connectivity index (χ3v) is 3.70. The smallest absolute Gasteiger partial charge is 0.203 e. The molecule has 0 radical (unpaired) electrons. The Labute approximate surface area is 117 Å². The number of thiazole rings is 1. The molecular weight excluding hydrogens is 317 g/mol. The van der Waals surface area contributed by atoms with Crippen molar-refractivity contribution in [2.75, 3.05) is 5.43 Å². The third-order valence-electron chi connectivity index (χ3n) is 2.27. The van der Waals surface area contributed by atoms with Crippen molar-refractivity contribution in [3.63, 3.8) is 0 Å². The van der Waals surface area contributed by atoms with E-state index in [1.807, 2.05) is 18.4 Å². The molecule has 0 spiro atoms. The maximum atomic E-state index is 13.5. The number of aromatic nitrogens is 1. The second-order valence-electron chi connectivity index (χ2n) is 3.61. The summed E-state index contributed by atoms with van der Waals surface area (Å²) in [6.07, 6.45) is 1.59. The lowest BCUT2D eigenvalue weighted by molar-refractivity contribution is 0.617. The first kappa shape index (κ1) is 13.2. The fourth-order valence-corrected chi connectivity index (χ4v) is 2.63. The summed E-state index contributed by atoms with van der Waals surface area (Å²) in [7, 11) is 0. The minimum Gasteiger partial charge on any atom is -0.253 e. The van der Waals surface area contributed by atoms with Crippen LogP contribution in [0.2, 0.25) is 0 Å². The van der Waals surface area contributed by atoms with Crippen LogP contribution in [-0.4, -0.2) is 11.2 Å². The van der Waals surface area contributed by atoms with Crippen LogP contribution < -0.4 is 5.43 Å². The average Bonchev–Trinajstić information content (AvgIpc) is 2.75. The highest BCUT2D eigenvalue weighted by molar-refractivity contribution is 9.08. The van der Waals surface area contributed by atoms with Gasteiger partial charge in [0.25, 0.3) is 0 Å². The maximum absolute atomic E-state index is 13.5. The number of halogens is 2. The summed E-state index contributed by atoms with van der Waals surface area (Å²) in [6, 6.07) is 4.92. The van der Waals surface area contributed by atoms with E-state index in [2.05, 4.69) is 31.4 Å². The molecule has 0 bridgehead atoms. The first-order valence-electron chi connectivity index (χ1n) is 5.25. The van der Waals surface area contributed by atoms with Gasteiger partial charge in [-0.25, -0.2) is 9.37 Å². The Morgan fingerprint density at radius 3 is 3.06 bits per heavy atom. The standard InChI is InChI=1S/C12H11BrFN3S/c1-8-7-18-12(16-8)17-15-6-9-3-2-4-11(14)10(9)5-13/h2-4,6-7H,5H2,1H3,(H,16,17). The van der Waals surface area contributed by atoms with Crippen LogP contribution in [0.3, 0.4) is 0 Å². The second-order valence-corrected chi connectivity index (χ2v) is 5.02. The molecule has 2 aromatic rings. The van der Waals surface area contributed by atoms with Crippen LogP contribution in [0.5, 0.6) is 0 Å². The summed E-state index contributed by atoms with van der Waals surface area (Å²) in [5.74, 6) is -0.235. The van der Waals surface area contributed by atoms with Crippen LogP contribution in [0.4, 0.5) is 9.52 Å². The van der Waals surface area contributed by atoms with Gasteiger partial charge in [0.1, 0.15) is 5.82 Å². The maximum Gasteiger partial charge on any atom is 0.203 e. The molecule has 0 amide bonds. The molecule has 18 heavy (non-hydrogen) atoms. The van der Waals surface area contributed by atoms with Crippen molar-refractivity contribution < 1.29 is 4.39 Å². The van der Waals surface area contributed by atoms with Crippen LogP contribution in [0.25, 0.3) is 0 Å². The van der Waals surface area contributed by atoms with Crippen molar-refractivity contribution in [2.24, 2.45) is 5.10 Å². The Hall–Kier alpha value is -1.27. The largest absolute Gasteiger partial charge is 0.253 e. The zero-order valence-corrected chi connectivity index (χ0v) is 12.1. The number of alkyl halides is 1. The number of hydrogen-bond donors (Lipinski definition) is 1. The Morgan fingerprint density at radius 2 is 2.39 bits per heavy atom. The van der Waals surface area contributed by atoms with Crippen molar-refractivity contribution in [1.29, 1.82) is 0 Å². The fourth-order valence-electron chi connectivity index (χ4n) is 1.40. The van der Waals surface area contributed by atoms with E-state index < -0.39 is 0 Å². The Bertz CT molecular complexity index is 568. The van der Waals surface area contributed by atoms with Gasteiger partial charge < -0.3 is 0 Å². The number of anilines is 1. The molecule has 94 valence electrons. The lowest BCUT2D eigenvalue weighted by Gasteiger charge is -2.02. The van der Waals surface area contributed by atoms with Gasteiger partial charge in [-0.2, -0.15) is 5.10 Å². The number of benzene rings is 1. The van der Waals surface area contributed by atoms with Gasteiger partial charge in [0.2, 0.25) is 5.13 Å². The average molecular weight is 328 g/mol. The Balaban J connectivity index is 2.11. The highest BCUT2D eigenvalue weighted by Gasteiger charge is 2.04. The topological polar surface area (TPSA) is 37.3 Å². The van der Waals surface area contributed by atoms with E-state index in [9.17, 15) is 4.39 Å². The molecule has 0 aliphatic carbocycles. The van der Waals surface area contributed by atoms with Crippen molar-refractivity contribution in [3.05, 3.63) is 46.2 Å². The second kappa shape index (κ2) is 6.06. The summed E-state index contributed by atoms with van der Waals surface area (Å²) in [5, 5.41) is 7.17. The van der Waals surface area contributed by atoms with Gasteiger partial charge in [-0.3, -0.25) is 5.43 Å². The molecule has 0 saturated heterocycles. The van der Waals surface area contributed by atoms with E-state index in [-0.39, 0.29) is 5.82 Å². The van der Waals surface area contributed by atoms with Gasteiger partial charge in [0, 0.05) is 21.8 Å². The normalized spacial score (nSPS) is 11.1. The van der Waals surface area contributed by atoms with E-state index >= 15 is 0 Å². The first-order chi connectivity index (χ1) is 8.70. The molecule has 0 aliphatic rings. The molecular formula is C12H11BrFN3S. The number of nitrogens with zero attached hydrogens (tertiary/aromatic N) is 2. The zero-order valence-electron chi connectivity index (χ0n) is 9.65. The molecule has 1 aromatic carbocycles. The fraction of sp³-hybridized carbons (Fsp3) is 0.167. The van der Waals surface area contributed by atoms with E-state index in [0.717, 1.165) is 16.4 Å². The first-order valence-corrected chi connectivity index (χ1v) is 7.25. The van der Waals surface area contributed by atoms with Crippen LogP contribution in [0.15, 0.2) is 28.7 Å². The quantitative estimate of drug-likeness (QED) is 0.524. The molecule has 0 saturated carbocycles. The summed E-state index contributed by atoms with van der Waals surface area (Å²) >= 11 is 4.75. The molecule has 2 rings (SSSR count). The molecule has 1 N–H and O–H groups in total. The number of nitrogens with one attached hydrogen (secondary N) is 1. The number of hydrogen-bond acceptors (Lipinski definition) is 4. The predicted molar refractivity (Wildman–Crippen MR) is 77.1 cm³/mol. The lowest BCUT2D eigenvalue weighted by Crippen LogP contribution is -1.96. The molecule has 0 aliphatic heterocycles. The van der Waals surface area contributed by atoms with Crippen LogP contribution in [0.1, 0.15) is 16.8 Å². The summed E-state index contributed by atoms with van der Waals surface area (Å²) in [5.41, 5.74) is 5.11. The molecule has 3 nitrogen and oxygen atoms in total. The number of rotatable bonds is 4. The van der Waals surface area contributed by atoms with E-state index in [0.29, 0.717) is 10.9 Å². The molecule has 1 aromatic heterocycles. The zero-order chi connectivity index (χ0) is 13.0. The van der Waals surface area contributed by atoms with Gasteiger partial charge in [-0.1, -0.05) is 28.1 Å². The molecule has 0 atom stereocenters. The minimum atomic E-state index is -0.235. The van der Waals surface area contributed by atoms with Gasteiger partial charge in [0.15, 0.2) is 0 Å². The van der Waals surface area contributed by atoms with Crippen LogP contribution >= 0.6 is 27.3 Å². The van der Waals surface area contributed by atoms with E-state index in [1.165, 1.54) is 17.4 Å². The number of hydrazone groups is 1. The van der Waals surface area contributed by atoms with Gasteiger partial charge in [-0.05, 0) is 13.0 Å². The van der Waals surface area contributed by atoms with Crippen molar-refractivity contribution in [3.8, 4) is 0 Å². The Morgan fingerprint density at radius 1 is 1.56 bits per heavy atom. The van der Waals surface area contributed by atoms with Crippen molar-refractivity contribution in [2.45, 2.75) is 12.3 Å². The molecule has 0 unspecified atom stereocenters. The van der Waals surface area contributed by atoms with Gasteiger partial charge >= 0.3 is 0 Å². The molecule has 6 heteroatoms. The highest BCUT2D eigenvalue weighted by Crippen LogP contribution is 2.16. The summed E-state index contributed by atoms with van der Waals surface area (Å²) < 4.78 is 13.5. The van der Waals surface area contributed by atoms with Crippen molar-refractivity contribution in [1.82, 2.24) is 4.98 Å². The van der Waals surface area contributed by atoms with Gasteiger partial charge in [-0.15, -0.1) is 11.3 Å². The lowest BCUT2D eigenvalue weighted by atomic mass is 10.1. The van der Waals surface area contributed by atoms with Crippen LogP contribution in [-0.2, 0) is 5.33 Å². The molecule has 1 heterocycles. The van der Waals surface area contributed by atoms with E-state index in [4.69, 9.17) is 0 Å². The third kappa shape index (κ3) is 3.14. The van der Waals surface area contributed by atoms with E-state index in [1.54, 1.807) is 12.3 Å². The summed E-state index contributed by atoms with van der Waals surface area (Å²) in [4.78, 5) is 4.21. The van der Waals surface area contributed by atoms with Crippen molar-refractivity contribution >= 4 is 38.6 Å². The Kier molecular flexibility index (Phi) is 4.43. The van der Waals surface area contributed by atoms with Gasteiger partial charge in [0.05, 0.1) is 11.9 Å². The predicted octanol–water partition coefficient (Wildman–Crippen LogP) is 3.93. The minimum absolute atomic E-state index is 0.235. The van der Waals surface area contributed by atoms with Crippen LogP contribution in [0, 0.1) is 12.7 Å². The summed E-state index contributed by atoms with van der Waals surface area (Å²) in [6.45, 7) is 1.92. The SMILES string of the molecule is Cc1csc(NN=Cc2cccc(F)c2CBr)n1. The molecule has 0 fully saturated rings.